The van der Waals surface area contributed by atoms with Gasteiger partial charge in [0.15, 0.2) is 0 Å². The zero-order valence-electron chi connectivity index (χ0n) is 33.4. The molecule has 0 bridgehead atoms. The van der Waals surface area contributed by atoms with Gasteiger partial charge in [0.1, 0.15) is 30.8 Å². The predicted molar refractivity (Wildman–Crippen MR) is 233 cm³/mol. The zero-order valence-corrected chi connectivity index (χ0v) is 34.1. The summed E-state index contributed by atoms with van der Waals surface area (Å²) in [7, 11) is 0. The standard InChI is InChI=1S/C48H44ClN5O8/c49-34-19-16-29(17-20-34)23-40(44(56)52-41(25-31-8-7-21-50-26-31)45(57)53-43(27-55)47(59)60)51-46(58)42(24-30-15-18-32-9-1-2-10-33(32)22-30)54-48(61)62-28-39-37-13-5-3-11-35(37)36-12-4-6-14-38(36)39/h1-22,26,39-43,55H,23-25,27-28H2,(H,51,58)(H,52,56)(H,53,57)(H,54,61)(H,59,60)/t40-,41-,42-,43+/m1/s1. The third-order valence-corrected chi connectivity index (χ3v) is 11.0. The number of fused-ring (bicyclic) bond motifs is 4. The molecule has 0 radical (unpaired) electrons. The first-order chi connectivity index (χ1) is 30.1. The molecule has 0 fully saturated rings. The van der Waals surface area contributed by atoms with Crippen LogP contribution in [0.4, 0.5) is 4.79 Å². The summed E-state index contributed by atoms with van der Waals surface area (Å²) in [6.07, 6.45) is 2.06. The lowest BCUT2D eigenvalue weighted by Crippen LogP contribution is -2.59. The lowest BCUT2D eigenvalue weighted by molar-refractivity contribution is -0.143. The third-order valence-electron chi connectivity index (χ3n) is 10.8. The Bertz CT molecular complexity index is 2530. The van der Waals surface area contributed by atoms with Gasteiger partial charge in [-0.3, -0.25) is 19.4 Å². The number of nitrogens with one attached hydrogen (secondary N) is 4. The molecule has 4 atom stereocenters. The van der Waals surface area contributed by atoms with Crippen LogP contribution in [0.15, 0.2) is 140 Å². The molecule has 0 saturated carbocycles. The topological polar surface area (TPSA) is 196 Å². The third kappa shape index (κ3) is 10.6. The number of aromatic nitrogens is 1. The number of rotatable bonds is 17. The average molecular weight is 854 g/mol. The number of benzene rings is 5. The predicted octanol–water partition coefficient (Wildman–Crippen LogP) is 5.35. The summed E-state index contributed by atoms with van der Waals surface area (Å²) in [6, 6.07) is 33.7. The molecule has 0 spiro atoms. The molecular weight excluding hydrogens is 810 g/mol. The van der Waals surface area contributed by atoms with E-state index in [4.69, 9.17) is 16.3 Å². The number of halogens is 1. The SMILES string of the molecule is O=C(N[C@H](Cc1ccc2ccccc2c1)C(=O)N[C@H](Cc1ccc(Cl)cc1)C(=O)N[C@H](Cc1cccnc1)C(=O)N[C@@H](CO)C(=O)O)OCC1c2ccccc2-c2ccccc21. The molecule has 13 nitrogen and oxygen atoms in total. The van der Waals surface area contributed by atoms with Crippen LogP contribution in [-0.2, 0) is 43.2 Å². The molecule has 7 rings (SSSR count). The van der Waals surface area contributed by atoms with Crippen LogP contribution in [0.25, 0.3) is 21.9 Å². The van der Waals surface area contributed by atoms with Gasteiger partial charge in [0, 0.05) is 42.6 Å². The van der Waals surface area contributed by atoms with Crippen molar-refractivity contribution in [1.82, 2.24) is 26.3 Å². The summed E-state index contributed by atoms with van der Waals surface area (Å²) in [5.74, 6) is -4.07. The number of carboxylic acids is 1. The fourth-order valence-corrected chi connectivity index (χ4v) is 7.75. The number of aliphatic carboxylic acids is 1. The van der Waals surface area contributed by atoms with E-state index in [-0.39, 0.29) is 31.8 Å². The Morgan fingerprint density at radius 2 is 1.13 bits per heavy atom. The van der Waals surface area contributed by atoms with E-state index in [1.807, 2.05) is 91.0 Å². The molecule has 1 aliphatic rings. The van der Waals surface area contributed by atoms with Gasteiger partial charge in [-0.2, -0.15) is 0 Å². The Labute approximate surface area is 362 Å². The van der Waals surface area contributed by atoms with Crippen LogP contribution < -0.4 is 21.3 Å². The van der Waals surface area contributed by atoms with Crippen LogP contribution >= 0.6 is 11.6 Å². The van der Waals surface area contributed by atoms with Crippen molar-refractivity contribution in [2.24, 2.45) is 0 Å². The summed E-state index contributed by atoms with van der Waals surface area (Å²) in [4.78, 5) is 71.9. The van der Waals surface area contributed by atoms with E-state index in [9.17, 15) is 34.2 Å². The van der Waals surface area contributed by atoms with Crippen LogP contribution in [0.2, 0.25) is 5.02 Å². The quantitative estimate of drug-likeness (QED) is 0.0701. The maximum absolute atomic E-state index is 14.5. The van der Waals surface area contributed by atoms with Gasteiger partial charge >= 0.3 is 12.1 Å². The molecule has 6 N–H and O–H groups in total. The van der Waals surface area contributed by atoms with Gasteiger partial charge in [-0.15, -0.1) is 0 Å². The van der Waals surface area contributed by atoms with Gasteiger partial charge in [0.2, 0.25) is 17.7 Å². The highest BCUT2D eigenvalue weighted by atomic mass is 35.5. The molecule has 1 heterocycles. The molecular formula is C48H44ClN5O8. The molecule has 14 heteroatoms. The zero-order chi connectivity index (χ0) is 43.6. The van der Waals surface area contributed by atoms with Crippen LogP contribution in [0.1, 0.15) is 33.7 Å². The number of pyridine rings is 1. The number of hydrogen-bond donors (Lipinski definition) is 6. The van der Waals surface area contributed by atoms with Gasteiger partial charge in [-0.25, -0.2) is 9.59 Å². The average Bonchev–Trinajstić information content (AvgIpc) is 3.60. The molecule has 316 valence electrons. The Morgan fingerprint density at radius 3 is 1.73 bits per heavy atom. The van der Waals surface area contributed by atoms with Gasteiger partial charge in [0.05, 0.1) is 6.61 Å². The monoisotopic (exact) mass is 853 g/mol. The Balaban J connectivity index is 1.14. The lowest BCUT2D eigenvalue weighted by atomic mass is 9.98. The Hall–Kier alpha value is -7.09. The van der Waals surface area contributed by atoms with Crippen LogP contribution in [-0.4, -0.2) is 82.4 Å². The number of aliphatic hydroxyl groups excluding tert-OH is 1. The number of ether oxygens (including phenoxy) is 1. The summed E-state index contributed by atoms with van der Waals surface area (Å²) in [5, 5.41) is 32.0. The highest BCUT2D eigenvalue weighted by Gasteiger charge is 2.33. The summed E-state index contributed by atoms with van der Waals surface area (Å²) in [5.41, 5.74) is 6.06. The molecule has 6 aromatic rings. The maximum Gasteiger partial charge on any atom is 0.407 e. The van der Waals surface area contributed by atoms with Crippen molar-refractivity contribution in [3.63, 3.8) is 0 Å². The van der Waals surface area contributed by atoms with Crippen molar-refractivity contribution < 1.29 is 38.9 Å². The summed E-state index contributed by atoms with van der Waals surface area (Å²) < 4.78 is 5.85. The van der Waals surface area contributed by atoms with E-state index in [2.05, 4.69) is 26.3 Å². The second-order valence-corrected chi connectivity index (χ2v) is 15.4. The molecule has 1 aliphatic carbocycles. The van der Waals surface area contributed by atoms with Crippen molar-refractivity contribution in [3.05, 3.63) is 173 Å². The molecule has 1 aromatic heterocycles. The molecule has 62 heavy (non-hydrogen) atoms. The second-order valence-electron chi connectivity index (χ2n) is 15.0. The van der Waals surface area contributed by atoms with E-state index in [0.717, 1.165) is 38.6 Å². The maximum atomic E-state index is 14.5. The first-order valence-electron chi connectivity index (χ1n) is 20.0. The number of carboxylic acid groups (broad SMARTS) is 1. The Morgan fingerprint density at radius 1 is 0.597 bits per heavy atom. The smallest absolute Gasteiger partial charge is 0.407 e. The number of carbonyl (C=O) groups excluding carboxylic acids is 4. The fourth-order valence-electron chi connectivity index (χ4n) is 7.62. The van der Waals surface area contributed by atoms with Crippen molar-refractivity contribution in [2.45, 2.75) is 49.3 Å². The Kier molecular flexibility index (Phi) is 13.9. The van der Waals surface area contributed by atoms with E-state index < -0.39 is 60.6 Å². The number of alkyl carbamates (subject to hydrolysis) is 1. The van der Waals surface area contributed by atoms with Gasteiger partial charge in [0.25, 0.3) is 0 Å². The summed E-state index contributed by atoms with van der Waals surface area (Å²) >= 11 is 6.16. The minimum Gasteiger partial charge on any atom is -0.480 e. The first-order valence-corrected chi connectivity index (χ1v) is 20.4. The van der Waals surface area contributed by atoms with Gasteiger partial charge in [-0.05, 0) is 67.9 Å². The van der Waals surface area contributed by atoms with E-state index in [1.54, 1.807) is 36.4 Å². The molecule has 0 saturated heterocycles. The highest BCUT2D eigenvalue weighted by Crippen LogP contribution is 2.44. The summed E-state index contributed by atoms with van der Waals surface area (Å²) in [6.45, 7) is -0.885. The van der Waals surface area contributed by atoms with Crippen molar-refractivity contribution in [3.8, 4) is 11.1 Å². The minimum atomic E-state index is -1.64. The second kappa shape index (κ2) is 20.0. The normalized spacial score (nSPS) is 13.7. The van der Waals surface area contributed by atoms with Crippen LogP contribution in [0.5, 0.6) is 0 Å². The van der Waals surface area contributed by atoms with E-state index >= 15 is 0 Å². The number of amides is 4. The number of carbonyl (C=O) groups is 5. The van der Waals surface area contributed by atoms with Crippen molar-refractivity contribution in [2.75, 3.05) is 13.2 Å². The van der Waals surface area contributed by atoms with Crippen LogP contribution in [0.3, 0.4) is 0 Å². The molecule has 0 unspecified atom stereocenters. The largest absolute Gasteiger partial charge is 0.480 e. The van der Waals surface area contributed by atoms with Crippen LogP contribution in [0, 0.1) is 0 Å². The molecule has 4 amide bonds. The minimum absolute atomic E-state index is 0.00513. The number of aliphatic hydroxyl groups is 1. The van der Waals surface area contributed by atoms with E-state index in [1.165, 1.54) is 12.4 Å². The lowest BCUT2D eigenvalue weighted by Gasteiger charge is -2.26. The van der Waals surface area contributed by atoms with Gasteiger partial charge < -0.3 is 36.2 Å². The van der Waals surface area contributed by atoms with Gasteiger partial charge in [-0.1, -0.05) is 121 Å². The van der Waals surface area contributed by atoms with E-state index in [0.29, 0.717) is 16.1 Å². The molecule has 0 aliphatic heterocycles. The number of hydrogen-bond acceptors (Lipinski definition) is 8. The van der Waals surface area contributed by atoms with Crippen molar-refractivity contribution >= 4 is 52.2 Å². The van der Waals surface area contributed by atoms with Crippen molar-refractivity contribution in [1.29, 1.82) is 0 Å². The highest BCUT2D eigenvalue weighted by molar-refractivity contribution is 6.30. The fraction of sp³-hybridized carbons (Fsp3) is 0.208. The molecule has 5 aromatic carbocycles. The first kappa shape index (κ1) is 43.0. The number of nitrogens with zero attached hydrogens (tertiary/aromatic N) is 1.